The van der Waals surface area contributed by atoms with E-state index in [-0.39, 0.29) is 25.1 Å². The molecule has 0 saturated carbocycles. The quantitative estimate of drug-likeness (QED) is 0.644. The first-order valence-electron chi connectivity index (χ1n) is 6.44. The summed E-state index contributed by atoms with van der Waals surface area (Å²) in [5.74, 6) is -1.05. The van der Waals surface area contributed by atoms with Crippen molar-refractivity contribution >= 4 is 11.9 Å². The monoisotopic (exact) mass is 258 g/mol. The molecule has 1 aliphatic heterocycles. The summed E-state index contributed by atoms with van der Waals surface area (Å²) in [4.78, 5) is 23.9. The number of amides is 1. The number of hydrogen-bond donors (Lipinski definition) is 2. The predicted octanol–water partition coefficient (Wildman–Crippen LogP) is 0.0782. The Morgan fingerprint density at radius 1 is 1.44 bits per heavy atom. The molecule has 0 spiro atoms. The highest BCUT2D eigenvalue weighted by molar-refractivity contribution is 5.79. The van der Waals surface area contributed by atoms with E-state index in [1.165, 1.54) is 0 Å². The van der Waals surface area contributed by atoms with Crippen LogP contribution in [0.25, 0.3) is 0 Å². The SMILES string of the molecule is CCCN(CC(=O)O)CC(=O)NCC1CCCO1. The smallest absolute Gasteiger partial charge is 0.317 e. The molecule has 6 nitrogen and oxygen atoms in total. The van der Waals surface area contributed by atoms with Gasteiger partial charge in [-0.05, 0) is 25.8 Å². The predicted molar refractivity (Wildman–Crippen MR) is 66.4 cm³/mol. The molecule has 1 aliphatic rings. The van der Waals surface area contributed by atoms with Crippen LogP contribution < -0.4 is 5.32 Å². The summed E-state index contributed by atoms with van der Waals surface area (Å²) in [7, 11) is 0. The van der Waals surface area contributed by atoms with E-state index in [9.17, 15) is 9.59 Å². The molecule has 1 fully saturated rings. The summed E-state index contributed by atoms with van der Waals surface area (Å²) < 4.78 is 5.40. The van der Waals surface area contributed by atoms with Gasteiger partial charge < -0.3 is 15.2 Å². The van der Waals surface area contributed by atoms with E-state index in [1.807, 2.05) is 6.92 Å². The fourth-order valence-electron chi connectivity index (χ4n) is 2.01. The highest BCUT2D eigenvalue weighted by atomic mass is 16.5. The maximum absolute atomic E-state index is 11.7. The van der Waals surface area contributed by atoms with Crippen molar-refractivity contribution in [3.05, 3.63) is 0 Å². The third-order valence-electron chi connectivity index (χ3n) is 2.82. The van der Waals surface area contributed by atoms with Crippen LogP contribution in [0, 0.1) is 0 Å². The fraction of sp³-hybridized carbons (Fsp3) is 0.833. The van der Waals surface area contributed by atoms with Crippen molar-refractivity contribution in [2.24, 2.45) is 0 Å². The van der Waals surface area contributed by atoms with Crippen LogP contribution >= 0.6 is 0 Å². The summed E-state index contributed by atoms with van der Waals surface area (Å²) >= 11 is 0. The number of hydrogen-bond acceptors (Lipinski definition) is 4. The molecule has 0 aromatic carbocycles. The molecule has 1 heterocycles. The maximum Gasteiger partial charge on any atom is 0.317 e. The van der Waals surface area contributed by atoms with Gasteiger partial charge in [0.2, 0.25) is 5.91 Å². The Morgan fingerprint density at radius 3 is 2.78 bits per heavy atom. The third kappa shape index (κ3) is 5.97. The molecule has 6 heteroatoms. The Labute approximate surface area is 107 Å². The van der Waals surface area contributed by atoms with Crippen LogP contribution in [0.2, 0.25) is 0 Å². The van der Waals surface area contributed by atoms with Crippen molar-refractivity contribution < 1.29 is 19.4 Å². The Kier molecular flexibility index (Phi) is 6.67. The Bertz CT molecular complexity index is 277. The summed E-state index contributed by atoms with van der Waals surface area (Å²) in [5, 5.41) is 11.5. The van der Waals surface area contributed by atoms with Crippen molar-refractivity contribution in [3.8, 4) is 0 Å². The molecule has 0 radical (unpaired) electrons. The molecular formula is C12H22N2O4. The molecule has 0 bridgehead atoms. The van der Waals surface area contributed by atoms with E-state index in [4.69, 9.17) is 9.84 Å². The summed E-state index contributed by atoms with van der Waals surface area (Å²) in [6.45, 7) is 3.89. The lowest BCUT2D eigenvalue weighted by Gasteiger charge is -2.19. The van der Waals surface area contributed by atoms with Crippen LogP contribution in [0.3, 0.4) is 0 Å². The van der Waals surface area contributed by atoms with Crippen molar-refractivity contribution in [1.82, 2.24) is 10.2 Å². The summed E-state index contributed by atoms with van der Waals surface area (Å²) in [5.41, 5.74) is 0. The highest BCUT2D eigenvalue weighted by Crippen LogP contribution is 2.10. The molecular weight excluding hydrogens is 236 g/mol. The zero-order valence-corrected chi connectivity index (χ0v) is 10.9. The number of rotatable bonds is 8. The number of carboxylic acid groups (broad SMARTS) is 1. The van der Waals surface area contributed by atoms with Crippen LogP contribution in [0.5, 0.6) is 0 Å². The second-order valence-electron chi connectivity index (χ2n) is 4.54. The van der Waals surface area contributed by atoms with E-state index in [1.54, 1.807) is 4.90 Å². The largest absolute Gasteiger partial charge is 0.480 e. The molecule has 0 aromatic heterocycles. The van der Waals surface area contributed by atoms with E-state index in [2.05, 4.69) is 5.32 Å². The Morgan fingerprint density at radius 2 is 2.22 bits per heavy atom. The number of ether oxygens (including phenoxy) is 1. The van der Waals surface area contributed by atoms with Gasteiger partial charge in [0, 0.05) is 13.2 Å². The molecule has 2 N–H and O–H groups in total. The Hall–Kier alpha value is -1.14. The van der Waals surface area contributed by atoms with Crippen molar-refractivity contribution in [2.45, 2.75) is 32.3 Å². The van der Waals surface area contributed by atoms with Crippen LogP contribution in [0.1, 0.15) is 26.2 Å². The lowest BCUT2D eigenvalue weighted by molar-refractivity contribution is -0.138. The first kappa shape index (κ1) is 14.9. The number of carboxylic acids is 1. The van der Waals surface area contributed by atoms with Gasteiger partial charge in [0.05, 0.1) is 19.2 Å². The topological polar surface area (TPSA) is 78.9 Å². The standard InChI is InChI=1S/C12H22N2O4/c1-2-5-14(9-12(16)17)8-11(15)13-7-10-4-3-6-18-10/h10H,2-9H2,1H3,(H,13,15)(H,16,17). The first-order chi connectivity index (χ1) is 8.61. The van der Waals surface area contributed by atoms with Gasteiger partial charge in [0.15, 0.2) is 0 Å². The van der Waals surface area contributed by atoms with E-state index in [0.29, 0.717) is 13.1 Å². The molecule has 1 rings (SSSR count). The van der Waals surface area contributed by atoms with Crippen LogP contribution in [-0.2, 0) is 14.3 Å². The minimum Gasteiger partial charge on any atom is -0.480 e. The minimum absolute atomic E-state index is 0.0960. The van der Waals surface area contributed by atoms with Gasteiger partial charge >= 0.3 is 5.97 Å². The molecule has 1 amide bonds. The zero-order chi connectivity index (χ0) is 13.4. The zero-order valence-electron chi connectivity index (χ0n) is 10.9. The minimum atomic E-state index is -0.907. The maximum atomic E-state index is 11.7. The average Bonchev–Trinajstić information content (AvgIpc) is 2.78. The van der Waals surface area contributed by atoms with Crippen molar-refractivity contribution in [2.75, 3.05) is 32.8 Å². The fourth-order valence-corrected chi connectivity index (χ4v) is 2.01. The van der Waals surface area contributed by atoms with E-state index in [0.717, 1.165) is 25.9 Å². The lowest BCUT2D eigenvalue weighted by atomic mass is 10.2. The summed E-state index contributed by atoms with van der Waals surface area (Å²) in [6.07, 6.45) is 2.97. The number of nitrogens with zero attached hydrogens (tertiary/aromatic N) is 1. The molecule has 104 valence electrons. The van der Waals surface area contributed by atoms with Gasteiger partial charge in [-0.1, -0.05) is 6.92 Å². The number of aliphatic carboxylic acids is 1. The van der Waals surface area contributed by atoms with E-state index < -0.39 is 5.97 Å². The number of nitrogens with one attached hydrogen (secondary N) is 1. The first-order valence-corrected chi connectivity index (χ1v) is 6.44. The second kappa shape index (κ2) is 8.05. The van der Waals surface area contributed by atoms with Crippen molar-refractivity contribution in [1.29, 1.82) is 0 Å². The molecule has 18 heavy (non-hydrogen) atoms. The van der Waals surface area contributed by atoms with Crippen LogP contribution in [0.4, 0.5) is 0 Å². The molecule has 0 aliphatic carbocycles. The van der Waals surface area contributed by atoms with Gasteiger partial charge in [-0.25, -0.2) is 0 Å². The second-order valence-corrected chi connectivity index (χ2v) is 4.54. The Balaban J connectivity index is 2.24. The van der Waals surface area contributed by atoms with Gasteiger partial charge in [-0.2, -0.15) is 0 Å². The van der Waals surface area contributed by atoms with Gasteiger partial charge in [-0.3, -0.25) is 14.5 Å². The summed E-state index contributed by atoms with van der Waals surface area (Å²) in [6, 6.07) is 0. The van der Waals surface area contributed by atoms with Gasteiger partial charge in [0.1, 0.15) is 0 Å². The van der Waals surface area contributed by atoms with Gasteiger partial charge in [-0.15, -0.1) is 0 Å². The van der Waals surface area contributed by atoms with Gasteiger partial charge in [0.25, 0.3) is 0 Å². The van der Waals surface area contributed by atoms with Crippen molar-refractivity contribution in [3.63, 3.8) is 0 Å². The molecule has 0 aromatic rings. The molecule has 1 atom stereocenters. The van der Waals surface area contributed by atoms with E-state index >= 15 is 0 Å². The number of carbonyl (C=O) groups excluding carboxylic acids is 1. The van der Waals surface area contributed by atoms with Crippen LogP contribution in [-0.4, -0.2) is 60.8 Å². The highest BCUT2D eigenvalue weighted by Gasteiger charge is 2.17. The molecule has 1 unspecified atom stereocenters. The normalized spacial score (nSPS) is 19.1. The molecule has 1 saturated heterocycles. The van der Waals surface area contributed by atoms with Crippen LogP contribution in [0.15, 0.2) is 0 Å². The number of carbonyl (C=O) groups is 2. The third-order valence-corrected chi connectivity index (χ3v) is 2.82. The lowest BCUT2D eigenvalue weighted by Crippen LogP contribution is -2.42. The average molecular weight is 258 g/mol.